The minimum absolute atomic E-state index is 0.0972. The Morgan fingerprint density at radius 1 is 1.71 bits per heavy atom. The molecule has 0 saturated heterocycles. The Morgan fingerprint density at radius 2 is 2.29 bits per heavy atom. The molecule has 0 amide bonds. The molecule has 0 aromatic carbocycles. The first kappa shape index (κ1) is 4.61. The van der Waals surface area contributed by atoms with Crippen LogP contribution in [-0.2, 0) is 0 Å². The van der Waals surface area contributed by atoms with Gasteiger partial charge in [-0.2, -0.15) is 12.3 Å². The number of hydrogen-bond donors (Lipinski definition) is 1. The Hall–Kier alpha value is -0.550. The van der Waals surface area contributed by atoms with Crippen LogP contribution in [0.3, 0.4) is 0 Å². The zero-order valence-electron chi connectivity index (χ0n) is 4.15. The van der Waals surface area contributed by atoms with Gasteiger partial charge in [-0.1, -0.05) is 0 Å². The largest absolute Gasteiger partial charge is 0.462 e. The number of rotatable bonds is 1. The normalized spacial score (nSPS) is 23.4. The van der Waals surface area contributed by atoms with E-state index in [-0.39, 0.29) is 5.54 Å². The van der Waals surface area contributed by atoms with Gasteiger partial charge in [-0.15, -0.1) is 0 Å². The summed E-state index contributed by atoms with van der Waals surface area (Å²) in [6.07, 6.45) is 2.04. The van der Waals surface area contributed by atoms with Gasteiger partial charge < -0.3 is 5.32 Å². The van der Waals surface area contributed by atoms with E-state index in [0.717, 1.165) is 12.8 Å². The van der Waals surface area contributed by atoms with Gasteiger partial charge in [0, 0.05) is 12.8 Å². The molecular formula is C5H8N2. The van der Waals surface area contributed by atoms with Crippen molar-refractivity contribution < 1.29 is 5.32 Å². The maximum absolute atomic E-state index is 8.34. The molecule has 0 heterocycles. The summed E-state index contributed by atoms with van der Waals surface area (Å²) in [6.45, 7) is 0. The van der Waals surface area contributed by atoms with Gasteiger partial charge >= 0.3 is 0 Å². The average molecular weight is 96.1 g/mol. The predicted molar refractivity (Wildman–Crippen MR) is 24.9 cm³/mol. The van der Waals surface area contributed by atoms with Crippen LogP contribution in [0, 0.1) is 18.4 Å². The molecule has 0 unspecified atom stereocenters. The Morgan fingerprint density at radius 3 is 2.29 bits per heavy atom. The van der Waals surface area contributed by atoms with Crippen molar-refractivity contribution >= 4 is 0 Å². The fraction of sp³-hybridized carbons (Fsp3) is 0.600. The van der Waals surface area contributed by atoms with Crippen molar-refractivity contribution in [3.63, 3.8) is 0 Å². The van der Waals surface area contributed by atoms with Crippen LogP contribution < -0.4 is 5.32 Å². The minimum atomic E-state index is -0.0972. The molecule has 2 nitrogen and oxygen atoms in total. The molecule has 0 aromatic heterocycles. The third kappa shape index (κ3) is 0.594. The van der Waals surface area contributed by atoms with Gasteiger partial charge in [0.2, 0.25) is 0 Å². The standard InChI is InChI=1S/C5H8N2/c1-7-5(4-6)2-3-5/h1-3,7H2. The molecule has 1 aliphatic carbocycles. The minimum Gasteiger partial charge on any atom is -0.462 e. The Kier molecular flexibility index (Phi) is 0.795. The van der Waals surface area contributed by atoms with Gasteiger partial charge in [-0.3, -0.25) is 0 Å². The van der Waals surface area contributed by atoms with Crippen LogP contribution in [0.1, 0.15) is 12.8 Å². The molecule has 0 spiro atoms. The number of hydrogen-bond acceptors (Lipinski definition) is 1. The highest BCUT2D eigenvalue weighted by atomic mass is 15.0. The van der Waals surface area contributed by atoms with Crippen LogP contribution in [0.2, 0.25) is 0 Å². The van der Waals surface area contributed by atoms with Gasteiger partial charge in [0.25, 0.3) is 0 Å². The summed E-state index contributed by atoms with van der Waals surface area (Å²) >= 11 is 0. The average Bonchev–Trinajstić information content (AvgIpc) is 2.46. The quantitative estimate of drug-likeness (QED) is 0.435. The van der Waals surface area contributed by atoms with Crippen molar-refractivity contribution in [2.45, 2.75) is 18.4 Å². The number of quaternary nitrogens is 1. The van der Waals surface area contributed by atoms with Crippen LogP contribution in [-0.4, -0.2) is 5.54 Å². The summed E-state index contributed by atoms with van der Waals surface area (Å²) in [4.78, 5) is 0. The van der Waals surface area contributed by atoms with Crippen LogP contribution in [0.4, 0.5) is 0 Å². The summed E-state index contributed by atoms with van der Waals surface area (Å²) in [5.74, 6) is 0. The van der Waals surface area contributed by atoms with E-state index < -0.39 is 0 Å². The highest BCUT2D eigenvalue weighted by Crippen LogP contribution is 2.28. The zero-order valence-corrected chi connectivity index (χ0v) is 4.15. The third-order valence-corrected chi connectivity index (χ3v) is 1.40. The molecule has 0 atom stereocenters. The summed E-state index contributed by atoms with van der Waals surface area (Å²) in [5, 5.41) is 10.1. The highest BCUT2D eigenvalue weighted by molar-refractivity contribution is 5.10. The Labute approximate surface area is 43.1 Å². The van der Waals surface area contributed by atoms with E-state index in [0.29, 0.717) is 0 Å². The van der Waals surface area contributed by atoms with E-state index in [2.05, 4.69) is 13.1 Å². The third-order valence-electron chi connectivity index (χ3n) is 1.40. The first-order valence-electron chi connectivity index (χ1n) is 2.38. The van der Waals surface area contributed by atoms with Crippen molar-refractivity contribution in [1.29, 1.82) is 5.26 Å². The number of nitrogens with zero attached hydrogens (tertiary/aromatic N) is 1. The maximum Gasteiger partial charge on any atom is 0.160 e. The van der Waals surface area contributed by atoms with Crippen LogP contribution in [0.5, 0.6) is 0 Å². The molecule has 0 aromatic rings. The van der Waals surface area contributed by atoms with Gasteiger partial charge in [0.15, 0.2) is 5.54 Å². The van der Waals surface area contributed by atoms with Crippen molar-refractivity contribution in [3.05, 3.63) is 7.05 Å². The zero-order chi connectivity index (χ0) is 5.33. The molecule has 0 bridgehead atoms. The lowest BCUT2D eigenvalue weighted by atomic mass is 10.3. The van der Waals surface area contributed by atoms with Gasteiger partial charge in [-0.25, -0.2) is 0 Å². The summed E-state index contributed by atoms with van der Waals surface area (Å²) in [5.41, 5.74) is -0.0972. The van der Waals surface area contributed by atoms with E-state index in [1.807, 2.05) is 0 Å². The molecule has 2 N–H and O–H groups in total. The van der Waals surface area contributed by atoms with E-state index in [4.69, 9.17) is 5.26 Å². The lowest BCUT2D eigenvalue weighted by molar-refractivity contribution is -0.634. The van der Waals surface area contributed by atoms with Crippen molar-refractivity contribution in [3.8, 4) is 6.07 Å². The number of nitriles is 1. The second kappa shape index (κ2) is 1.21. The second-order valence-electron chi connectivity index (χ2n) is 1.97. The molecule has 1 aliphatic rings. The van der Waals surface area contributed by atoms with Gasteiger partial charge in [-0.05, 0) is 0 Å². The first-order chi connectivity index (χ1) is 3.33. The number of nitrogens with two attached hydrogens (primary N) is 1. The smallest absolute Gasteiger partial charge is 0.160 e. The Bertz CT molecular complexity index is 108. The summed E-state index contributed by atoms with van der Waals surface area (Å²) < 4.78 is 0. The van der Waals surface area contributed by atoms with Gasteiger partial charge in [0.1, 0.15) is 6.07 Å². The molecule has 1 rings (SSSR count). The first-order valence-corrected chi connectivity index (χ1v) is 2.38. The van der Waals surface area contributed by atoms with E-state index in [9.17, 15) is 0 Å². The van der Waals surface area contributed by atoms with Crippen LogP contribution in [0.15, 0.2) is 0 Å². The molecule has 1 fully saturated rings. The Balaban J connectivity index is 2.47. The molecule has 38 valence electrons. The molecule has 2 heteroatoms. The second-order valence-corrected chi connectivity index (χ2v) is 1.97. The monoisotopic (exact) mass is 96.1 g/mol. The lowest BCUT2D eigenvalue weighted by Gasteiger charge is -2.01. The van der Waals surface area contributed by atoms with Gasteiger partial charge in [0.05, 0.1) is 0 Å². The van der Waals surface area contributed by atoms with Crippen molar-refractivity contribution in [1.82, 2.24) is 0 Å². The van der Waals surface area contributed by atoms with Crippen LogP contribution >= 0.6 is 0 Å². The molecule has 7 heavy (non-hydrogen) atoms. The van der Waals surface area contributed by atoms with Crippen LogP contribution in [0.25, 0.3) is 0 Å². The predicted octanol–water partition coefficient (Wildman–Crippen LogP) is -0.602. The fourth-order valence-corrected chi connectivity index (χ4v) is 0.496. The summed E-state index contributed by atoms with van der Waals surface area (Å²) in [7, 11) is 3.54. The van der Waals surface area contributed by atoms with E-state index in [1.165, 1.54) is 0 Å². The van der Waals surface area contributed by atoms with E-state index in [1.54, 1.807) is 5.32 Å². The molecule has 1 saturated carbocycles. The maximum atomic E-state index is 8.34. The van der Waals surface area contributed by atoms with Crippen molar-refractivity contribution in [2.24, 2.45) is 0 Å². The molecular weight excluding hydrogens is 88.1 g/mol. The topological polar surface area (TPSA) is 40.4 Å². The summed E-state index contributed by atoms with van der Waals surface area (Å²) in [6, 6.07) is 2.18. The molecule has 0 aliphatic heterocycles. The highest BCUT2D eigenvalue weighted by Gasteiger charge is 2.44. The molecule has 0 radical (unpaired) electrons. The van der Waals surface area contributed by atoms with Crippen molar-refractivity contribution in [2.75, 3.05) is 0 Å². The lowest BCUT2D eigenvalue weighted by Crippen LogP contribution is -2.85. The fourth-order valence-electron chi connectivity index (χ4n) is 0.496. The van der Waals surface area contributed by atoms with E-state index >= 15 is 0 Å². The SMILES string of the molecule is [CH2-][NH2+]C1(C#N)CC1.